The highest BCUT2D eigenvalue weighted by Crippen LogP contribution is 2.28. The summed E-state index contributed by atoms with van der Waals surface area (Å²) in [5.41, 5.74) is 1.32. The molecule has 0 spiro atoms. The van der Waals surface area contributed by atoms with Crippen molar-refractivity contribution in [3.05, 3.63) is 16.5 Å². The highest BCUT2D eigenvalue weighted by atomic mass is 32.1. The van der Waals surface area contributed by atoms with E-state index < -0.39 is 0 Å². The zero-order chi connectivity index (χ0) is 15.2. The second-order valence-corrected chi connectivity index (χ2v) is 6.11. The molecule has 116 valence electrons. The van der Waals surface area contributed by atoms with Gasteiger partial charge in [0.2, 0.25) is 5.91 Å². The predicted octanol–water partition coefficient (Wildman–Crippen LogP) is 2.66. The van der Waals surface area contributed by atoms with E-state index in [0.29, 0.717) is 23.7 Å². The molecule has 1 saturated heterocycles. The standard InChI is InChI=1S/C15H22N2O3S/c1-3-20-15(19)13-11(2)10-21-14(13)16-12(18)9-17-7-5-4-6-8-17/h10H,3-9H2,1-2H3,(H,16,18). The Labute approximate surface area is 129 Å². The van der Waals surface area contributed by atoms with Crippen molar-refractivity contribution in [2.45, 2.75) is 33.1 Å². The third-order valence-electron chi connectivity index (χ3n) is 3.52. The smallest absolute Gasteiger partial charge is 0.341 e. The molecule has 0 radical (unpaired) electrons. The largest absolute Gasteiger partial charge is 0.462 e. The zero-order valence-electron chi connectivity index (χ0n) is 12.6. The van der Waals surface area contributed by atoms with Gasteiger partial charge in [-0.3, -0.25) is 9.69 Å². The predicted molar refractivity (Wildman–Crippen MR) is 83.9 cm³/mol. The first kappa shape index (κ1) is 16.0. The van der Waals surface area contributed by atoms with E-state index in [-0.39, 0.29) is 11.9 Å². The monoisotopic (exact) mass is 310 g/mol. The van der Waals surface area contributed by atoms with Crippen LogP contribution in [0, 0.1) is 6.92 Å². The van der Waals surface area contributed by atoms with Gasteiger partial charge in [0.05, 0.1) is 18.7 Å². The van der Waals surface area contributed by atoms with Crippen molar-refractivity contribution in [1.82, 2.24) is 4.90 Å². The Bertz CT molecular complexity index is 507. The summed E-state index contributed by atoms with van der Waals surface area (Å²) < 4.78 is 5.05. The van der Waals surface area contributed by atoms with E-state index >= 15 is 0 Å². The second-order valence-electron chi connectivity index (χ2n) is 5.23. The lowest BCUT2D eigenvalue weighted by Crippen LogP contribution is -2.36. The van der Waals surface area contributed by atoms with Crippen LogP contribution in [0.2, 0.25) is 0 Å². The summed E-state index contributed by atoms with van der Waals surface area (Å²) in [6, 6.07) is 0. The zero-order valence-corrected chi connectivity index (χ0v) is 13.4. The summed E-state index contributed by atoms with van der Waals surface area (Å²) >= 11 is 1.37. The number of thiophene rings is 1. The Morgan fingerprint density at radius 1 is 1.33 bits per heavy atom. The lowest BCUT2D eigenvalue weighted by Gasteiger charge is -2.25. The maximum atomic E-state index is 12.1. The van der Waals surface area contributed by atoms with Crippen LogP contribution in [-0.4, -0.2) is 43.0 Å². The number of rotatable bonds is 5. The van der Waals surface area contributed by atoms with Gasteiger partial charge >= 0.3 is 5.97 Å². The number of anilines is 1. The minimum absolute atomic E-state index is 0.0655. The number of piperidine rings is 1. The molecule has 1 fully saturated rings. The van der Waals surface area contributed by atoms with Gasteiger partial charge in [-0.15, -0.1) is 11.3 Å². The highest BCUT2D eigenvalue weighted by molar-refractivity contribution is 7.15. The summed E-state index contributed by atoms with van der Waals surface area (Å²) in [4.78, 5) is 26.2. The van der Waals surface area contributed by atoms with Crippen molar-refractivity contribution < 1.29 is 14.3 Å². The average Bonchev–Trinajstić information content (AvgIpc) is 2.81. The number of carbonyl (C=O) groups excluding carboxylic acids is 2. The third kappa shape index (κ3) is 4.28. The van der Waals surface area contributed by atoms with Gasteiger partial charge in [-0.1, -0.05) is 6.42 Å². The molecule has 1 amide bonds. The van der Waals surface area contributed by atoms with Crippen LogP contribution in [0.4, 0.5) is 5.00 Å². The highest BCUT2D eigenvalue weighted by Gasteiger charge is 2.20. The molecule has 6 heteroatoms. The SMILES string of the molecule is CCOC(=O)c1c(C)csc1NC(=O)CN1CCCCC1. The van der Waals surface area contributed by atoms with Gasteiger partial charge in [0.15, 0.2) is 0 Å². The number of aryl methyl sites for hydroxylation is 1. The van der Waals surface area contributed by atoms with E-state index in [2.05, 4.69) is 10.2 Å². The van der Waals surface area contributed by atoms with Crippen molar-refractivity contribution in [3.8, 4) is 0 Å². The minimum atomic E-state index is -0.371. The Morgan fingerprint density at radius 2 is 2.05 bits per heavy atom. The fourth-order valence-corrected chi connectivity index (χ4v) is 3.43. The van der Waals surface area contributed by atoms with Crippen molar-refractivity contribution >= 4 is 28.2 Å². The van der Waals surface area contributed by atoms with Gasteiger partial charge in [-0.05, 0) is 50.7 Å². The first-order valence-corrected chi connectivity index (χ1v) is 8.27. The van der Waals surface area contributed by atoms with Crippen molar-refractivity contribution in [3.63, 3.8) is 0 Å². The van der Waals surface area contributed by atoms with E-state index in [0.717, 1.165) is 31.5 Å². The molecule has 5 nitrogen and oxygen atoms in total. The molecule has 1 aromatic rings. The van der Waals surface area contributed by atoms with E-state index in [4.69, 9.17) is 4.74 Å². The number of carbonyl (C=O) groups is 2. The summed E-state index contributed by atoms with van der Waals surface area (Å²) in [5, 5.41) is 5.31. The van der Waals surface area contributed by atoms with Gasteiger partial charge in [0, 0.05) is 0 Å². The molecule has 0 saturated carbocycles. The van der Waals surface area contributed by atoms with Crippen LogP contribution in [0.1, 0.15) is 42.1 Å². The molecule has 1 N–H and O–H groups in total. The number of ether oxygens (including phenoxy) is 1. The van der Waals surface area contributed by atoms with Crippen LogP contribution < -0.4 is 5.32 Å². The van der Waals surface area contributed by atoms with Crippen LogP contribution in [0.25, 0.3) is 0 Å². The van der Waals surface area contributed by atoms with Crippen molar-refractivity contribution in [2.75, 3.05) is 31.6 Å². The van der Waals surface area contributed by atoms with Gasteiger partial charge in [0.1, 0.15) is 5.00 Å². The summed E-state index contributed by atoms with van der Waals surface area (Å²) in [6.45, 7) is 6.29. The Kier molecular flexibility index (Phi) is 5.76. The van der Waals surface area contributed by atoms with Crippen molar-refractivity contribution in [2.24, 2.45) is 0 Å². The summed E-state index contributed by atoms with van der Waals surface area (Å²) in [5.74, 6) is -0.436. The Hall–Kier alpha value is -1.40. The molecule has 0 bridgehead atoms. The minimum Gasteiger partial charge on any atom is -0.462 e. The van der Waals surface area contributed by atoms with E-state index in [9.17, 15) is 9.59 Å². The van der Waals surface area contributed by atoms with Crippen LogP contribution in [0.5, 0.6) is 0 Å². The fraction of sp³-hybridized carbons (Fsp3) is 0.600. The van der Waals surface area contributed by atoms with E-state index in [1.807, 2.05) is 12.3 Å². The van der Waals surface area contributed by atoms with Gasteiger partial charge in [-0.2, -0.15) is 0 Å². The van der Waals surface area contributed by atoms with Crippen molar-refractivity contribution in [1.29, 1.82) is 0 Å². The van der Waals surface area contributed by atoms with E-state index in [1.165, 1.54) is 17.8 Å². The molecule has 0 atom stereocenters. The number of nitrogens with one attached hydrogen (secondary N) is 1. The molecule has 21 heavy (non-hydrogen) atoms. The first-order chi connectivity index (χ1) is 10.1. The van der Waals surface area contributed by atoms with Crippen LogP contribution in [0.15, 0.2) is 5.38 Å². The number of hydrogen-bond donors (Lipinski definition) is 1. The van der Waals surface area contributed by atoms with Gasteiger partial charge < -0.3 is 10.1 Å². The molecule has 0 aromatic carbocycles. The molecule has 1 aliphatic heterocycles. The van der Waals surface area contributed by atoms with Gasteiger partial charge in [-0.25, -0.2) is 4.79 Å². The van der Waals surface area contributed by atoms with Crippen LogP contribution >= 0.6 is 11.3 Å². The average molecular weight is 310 g/mol. The van der Waals surface area contributed by atoms with Crippen LogP contribution in [-0.2, 0) is 9.53 Å². The molecule has 2 rings (SSSR count). The number of nitrogens with zero attached hydrogens (tertiary/aromatic N) is 1. The molecular weight excluding hydrogens is 288 g/mol. The number of esters is 1. The summed E-state index contributed by atoms with van der Waals surface area (Å²) in [7, 11) is 0. The Morgan fingerprint density at radius 3 is 2.71 bits per heavy atom. The maximum Gasteiger partial charge on any atom is 0.341 e. The maximum absolute atomic E-state index is 12.1. The fourth-order valence-electron chi connectivity index (χ4n) is 2.48. The summed E-state index contributed by atoms with van der Waals surface area (Å²) in [6.07, 6.45) is 3.55. The lowest BCUT2D eigenvalue weighted by atomic mass is 10.1. The lowest BCUT2D eigenvalue weighted by molar-refractivity contribution is -0.117. The van der Waals surface area contributed by atoms with Gasteiger partial charge in [0.25, 0.3) is 0 Å². The van der Waals surface area contributed by atoms with Crippen LogP contribution in [0.3, 0.4) is 0 Å². The Balaban J connectivity index is 1.98. The normalized spacial score (nSPS) is 15.7. The molecule has 1 aromatic heterocycles. The first-order valence-electron chi connectivity index (χ1n) is 7.39. The molecule has 1 aliphatic rings. The third-order valence-corrected chi connectivity index (χ3v) is 4.54. The molecule has 0 aliphatic carbocycles. The quantitative estimate of drug-likeness (QED) is 0.850. The second kappa shape index (κ2) is 7.56. The van der Waals surface area contributed by atoms with E-state index in [1.54, 1.807) is 6.92 Å². The number of amides is 1. The topological polar surface area (TPSA) is 58.6 Å². The molecule has 0 unspecified atom stereocenters. The molecular formula is C15H22N2O3S. The molecule has 2 heterocycles. The number of likely N-dealkylation sites (tertiary alicyclic amines) is 1. The number of hydrogen-bond acceptors (Lipinski definition) is 5.